The van der Waals surface area contributed by atoms with Gasteiger partial charge in [-0.2, -0.15) is 0 Å². The van der Waals surface area contributed by atoms with Gasteiger partial charge in [-0.05, 0) is 11.5 Å². The Kier molecular flexibility index (Phi) is 5.34. The summed E-state index contributed by atoms with van der Waals surface area (Å²) in [6.45, 7) is 5.19. The molecule has 1 aromatic rings. The lowest BCUT2D eigenvalue weighted by Crippen LogP contribution is -2.46. The van der Waals surface area contributed by atoms with Crippen LogP contribution in [0.25, 0.3) is 0 Å². The molecule has 4 heteroatoms. The van der Waals surface area contributed by atoms with E-state index in [0.717, 1.165) is 25.2 Å². The Morgan fingerprint density at radius 1 is 1.37 bits per heavy atom. The van der Waals surface area contributed by atoms with Gasteiger partial charge in [0.05, 0.1) is 25.4 Å². The number of aliphatic hydroxyl groups is 2. The van der Waals surface area contributed by atoms with Crippen LogP contribution in [0.4, 0.5) is 0 Å². The zero-order valence-corrected chi connectivity index (χ0v) is 11.4. The van der Waals surface area contributed by atoms with Crippen LogP contribution < -0.4 is 0 Å². The highest BCUT2D eigenvalue weighted by atomic mass is 16.5. The molecule has 4 nitrogen and oxygen atoms in total. The van der Waals surface area contributed by atoms with Crippen molar-refractivity contribution in [2.24, 2.45) is 5.92 Å². The molecule has 0 aromatic heterocycles. The molecule has 2 rings (SSSR count). The number of aliphatic hydroxyl groups excluding tert-OH is 2. The molecule has 19 heavy (non-hydrogen) atoms. The topological polar surface area (TPSA) is 52.9 Å². The van der Waals surface area contributed by atoms with Crippen LogP contribution in [0.5, 0.6) is 0 Å². The van der Waals surface area contributed by atoms with Gasteiger partial charge in [-0.15, -0.1) is 0 Å². The van der Waals surface area contributed by atoms with Crippen LogP contribution in [0, 0.1) is 5.92 Å². The van der Waals surface area contributed by atoms with Crippen LogP contribution in [0.2, 0.25) is 0 Å². The van der Waals surface area contributed by atoms with E-state index in [2.05, 4.69) is 11.8 Å². The predicted molar refractivity (Wildman–Crippen MR) is 73.8 cm³/mol. The molecule has 0 aliphatic carbocycles. The first-order chi connectivity index (χ1) is 9.20. The van der Waals surface area contributed by atoms with Crippen molar-refractivity contribution in [3.05, 3.63) is 35.9 Å². The molecule has 1 saturated heterocycles. The van der Waals surface area contributed by atoms with Crippen molar-refractivity contribution in [1.82, 2.24) is 4.90 Å². The third-order valence-electron chi connectivity index (χ3n) is 3.65. The monoisotopic (exact) mass is 265 g/mol. The summed E-state index contributed by atoms with van der Waals surface area (Å²) in [5.74, 6) is 0.153. The molecule has 0 spiro atoms. The average Bonchev–Trinajstić information content (AvgIpc) is 2.47. The lowest BCUT2D eigenvalue weighted by atomic mass is 9.96. The zero-order chi connectivity index (χ0) is 13.7. The van der Waals surface area contributed by atoms with Gasteiger partial charge in [0.2, 0.25) is 0 Å². The molecule has 1 fully saturated rings. The molecule has 1 aromatic carbocycles. The normalized spacial score (nSPS) is 24.1. The quantitative estimate of drug-likeness (QED) is 0.835. The third kappa shape index (κ3) is 4.01. The second kappa shape index (κ2) is 7.01. The molecule has 0 saturated carbocycles. The van der Waals surface area contributed by atoms with Gasteiger partial charge in [0.25, 0.3) is 0 Å². The average molecular weight is 265 g/mol. The van der Waals surface area contributed by atoms with Crippen molar-refractivity contribution >= 4 is 0 Å². The Hall–Kier alpha value is -0.940. The van der Waals surface area contributed by atoms with E-state index in [4.69, 9.17) is 9.84 Å². The Labute approximate surface area is 114 Å². The van der Waals surface area contributed by atoms with Crippen LogP contribution in [0.1, 0.15) is 18.6 Å². The molecule has 1 aliphatic rings. The van der Waals surface area contributed by atoms with E-state index in [-0.39, 0.29) is 18.6 Å². The van der Waals surface area contributed by atoms with Crippen molar-refractivity contribution in [1.29, 1.82) is 0 Å². The highest BCUT2D eigenvalue weighted by Crippen LogP contribution is 2.22. The van der Waals surface area contributed by atoms with Gasteiger partial charge < -0.3 is 14.9 Å². The fraction of sp³-hybridized carbons (Fsp3) is 0.600. The van der Waals surface area contributed by atoms with Gasteiger partial charge in [0.15, 0.2) is 0 Å². The number of morpholine rings is 1. The molecule has 0 amide bonds. The minimum Gasteiger partial charge on any atom is -0.394 e. The predicted octanol–water partition coefficient (Wildman–Crippen LogP) is 1.05. The van der Waals surface area contributed by atoms with E-state index in [1.807, 2.05) is 30.3 Å². The molecule has 1 heterocycles. The highest BCUT2D eigenvalue weighted by Gasteiger charge is 2.24. The largest absolute Gasteiger partial charge is 0.394 e. The second-order valence-electron chi connectivity index (χ2n) is 5.27. The first-order valence-corrected chi connectivity index (χ1v) is 6.88. The minimum absolute atomic E-state index is 0.0616. The summed E-state index contributed by atoms with van der Waals surface area (Å²) in [5, 5.41) is 19.5. The summed E-state index contributed by atoms with van der Waals surface area (Å²) in [7, 11) is 0. The Bertz CT molecular complexity index is 371. The summed E-state index contributed by atoms with van der Waals surface area (Å²) >= 11 is 0. The maximum atomic E-state index is 10.3. The van der Waals surface area contributed by atoms with Crippen molar-refractivity contribution in [3.63, 3.8) is 0 Å². The molecule has 2 N–H and O–H groups in total. The van der Waals surface area contributed by atoms with Gasteiger partial charge in [0, 0.05) is 19.6 Å². The van der Waals surface area contributed by atoms with Crippen LogP contribution in [-0.2, 0) is 4.74 Å². The third-order valence-corrected chi connectivity index (χ3v) is 3.65. The Balaban J connectivity index is 1.88. The van der Waals surface area contributed by atoms with Crippen molar-refractivity contribution in [3.8, 4) is 0 Å². The number of rotatable bonds is 5. The van der Waals surface area contributed by atoms with E-state index in [0.29, 0.717) is 6.61 Å². The van der Waals surface area contributed by atoms with E-state index >= 15 is 0 Å². The standard InChI is InChI=1S/C15H23NO3/c1-12(15(18)13-5-3-2-4-6-13)9-16-7-8-19-14(10-16)11-17/h2-6,12,14-15,17-18H,7-11H2,1H3. The first-order valence-electron chi connectivity index (χ1n) is 6.88. The first kappa shape index (κ1) is 14.5. The van der Waals surface area contributed by atoms with E-state index in [1.54, 1.807) is 0 Å². The van der Waals surface area contributed by atoms with E-state index in [1.165, 1.54) is 0 Å². The van der Waals surface area contributed by atoms with Crippen LogP contribution in [0.15, 0.2) is 30.3 Å². The fourth-order valence-corrected chi connectivity index (χ4v) is 2.54. The number of nitrogens with zero attached hydrogens (tertiary/aromatic N) is 1. The van der Waals surface area contributed by atoms with Crippen molar-refractivity contribution < 1.29 is 14.9 Å². The minimum atomic E-state index is -0.448. The molecular formula is C15H23NO3. The highest BCUT2D eigenvalue weighted by molar-refractivity contribution is 5.17. The smallest absolute Gasteiger partial charge is 0.0932 e. The van der Waals surface area contributed by atoms with Crippen LogP contribution in [0.3, 0.4) is 0 Å². The van der Waals surface area contributed by atoms with Crippen LogP contribution >= 0.6 is 0 Å². The van der Waals surface area contributed by atoms with Gasteiger partial charge in [-0.25, -0.2) is 0 Å². The molecule has 0 radical (unpaired) electrons. The summed E-state index contributed by atoms with van der Waals surface area (Å²) in [6.07, 6.45) is -0.536. The fourth-order valence-electron chi connectivity index (χ4n) is 2.54. The van der Waals surface area contributed by atoms with Crippen LogP contribution in [-0.4, -0.2) is 54.1 Å². The number of hydrogen-bond donors (Lipinski definition) is 2. The van der Waals surface area contributed by atoms with Crippen molar-refractivity contribution in [2.75, 3.05) is 32.8 Å². The van der Waals surface area contributed by atoms with Gasteiger partial charge in [-0.3, -0.25) is 4.90 Å². The molecule has 0 bridgehead atoms. The zero-order valence-electron chi connectivity index (χ0n) is 11.4. The van der Waals surface area contributed by atoms with E-state index < -0.39 is 6.10 Å². The molecular weight excluding hydrogens is 242 g/mol. The van der Waals surface area contributed by atoms with E-state index in [9.17, 15) is 5.11 Å². The summed E-state index contributed by atoms with van der Waals surface area (Å²) in [4.78, 5) is 2.25. The molecule has 3 atom stereocenters. The van der Waals surface area contributed by atoms with Gasteiger partial charge in [-0.1, -0.05) is 37.3 Å². The lowest BCUT2D eigenvalue weighted by Gasteiger charge is -2.34. The molecule has 3 unspecified atom stereocenters. The lowest BCUT2D eigenvalue weighted by molar-refractivity contribution is -0.0604. The van der Waals surface area contributed by atoms with Gasteiger partial charge in [0.1, 0.15) is 0 Å². The molecule has 1 aliphatic heterocycles. The number of hydrogen-bond acceptors (Lipinski definition) is 4. The number of ether oxygens (including phenoxy) is 1. The summed E-state index contributed by atoms with van der Waals surface area (Å²) < 4.78 is 5.43. The maximum Gasteiger partial charge on any atom is 0.0932 e. The van der Waals surface area contributed by atoms with Crippen molar-refractivity contribution in [2.45, 2.75) is 19.1 Å². The number of benzene rings is 1. The Morgan fingerprint density at radius 3 is 2.79 bits per heavy atom. The Morgan fingerprint density at radius 2 is 2.11 bits per heavy atom. The van der Waals surface area contributed by atoms with Gasteiger partial charge >= 0.3 is 0 Å². The summed E-state index contributed by atoms with van der Waals surface area (Å²) in [6, 6.07) is 9.76. The second-order valence-corrected chi connectivity index (χ2v) is 5.27. The maximum absolute atomic E-state index is 10.3. The molecule has 106 valence electrons. The SMILES string of the molecule is CC(CN1CCOC(CO)C1)C(O)c1ccccc1. The summed E-state index contributed by atoms with van der Waals surface area (Å²) in [5.41, 5.74) is 0.960.